The number of nitrogens with zero attached hydrogens (tertiary/aromatic N) is 4. The van der Waals surface area contributed by atoms with E-state index in [0.717, 1.165) is 50.0 Å². The van der Waals surface area contributed by atoms with Crippen LogP contribution in [0.1, 0.15) is 44.3 Å². The van der Waals surface area contributed by atoms with Gasteiger partial charge in [0.05, 0.1) is 6.04 Å². The number of halogens is 1. The SMILES string of the molecule is CCNC(=NCCCCn1cnnc1)NC(C)c1ccc(C)o1.I. The molecule has 24 heavy (non-hydrogen) atoms. The molecule has 2 heterocycles. The molecule has 0 aromatic carbocycles. The van der Waals surface area contributed by atoms with Gasteiger partial charge in [-0.2, -0.15) is 0 Å². The van der Waals surface area contributed by atoms with Crippen molar-refractivity contribution in [1.29, 1.82) is 0 Å². The van der Waals surface area contributed by atoms with Crippen molar-refractivity contribution in [2.24, 2.45) is 4.99 Å². The van der Waals surface area contributed by atoms with Gasteiger partial charge >= 0.3 is 0 Å². The van der Waals surface area contributed by atoms with Gasteiger partial charge < -0.3 is 19.6 Å². The van der Waals surface area contributed by atoms with Crippen molar-refractivity contribution in [3.63, 3.8) is 0 Å². The molecular weight excluding hydrogens is 419 g/mol. The van der Waals surface area contributed by atoms with E-state index in [0.29, 0.717) is 0 Å². The maximum absolute atomic E-state index is 5.65. The summed E-state index contributed by atoms with van der Waals surface area (Å²) in [5.41, 5.74) is 0. The van der Waals surface area contributed by atoms with Crippen LogP contribution in [0, 0.1) is 6.92 Å². The number of unbranched alkanes of at least 4 members (excludes halogenated alkanes) is 1. The summed E-state index contributed by atoms with van der Waals surface area (Å²) >= 11 is 0. The van der Waals surface area contributed by atoms with Crippen molar-refractivity contribution in [2.45, 2.75) is 46.2 Å². The fourth-order valence-corrected chi connectivity index (χ4v) is 2.22. The number of furan rings is 1. The fourth-order valence-electron chi connectivity index (χ4n) is 2.22. The maximum atomic E-state index is 5.65. The molecule has 0 spiro atoms. The molecule has 0 saturated carbocycles. The predicted octanol–water partition coefficient (Wildman–Crippen LogP) is 2.89. The molecule has 0 aliphatic rings. The zero-order chi connectivity index (χ0) is 16.5. The molecule has 0 aliphatic carbocycles. The first kappa shape index (κ1) is 20.5. The zero-order valence-corrected chi connectivity index (χ0v) is 16.9. The largest absolute Gasteiger partial charge is 0.464 e. The molecule has 2 aromatic heterocycles. The molecule has 134 valence electrons. The fraction of sp³-hybridized carbons (Fsp3) is 0.562. The second-order valence-electron chi connectivity index (χ2n) is 5.48. The van der Waals surface area contributed by atoms with Crippen molar-refractivity contribution in [1.82, 2.24) is 25.4 Å². The van der Waals surface area contributed by atoms with E-state index in [4.69, 9.17) is 4.42 Å². The number of rotatable bonds is 8. The van der Waals surface area contributed by atoms with E-state index < -0.39 is 0 Å². The van der Waals surface area contributed by atoms with Gasteiger partial charge in [-0.15, -0.1) is 34.2 Å². The Morgan fingerprint density at radius 1 is 1.29 bits per heavy atom. The Labute approximate surface area is 160 Å². The number of hydrogen-bond acceptors (Lipinski definition) is 4. The lowest BCUT2D eigenvalue weighted by molar-refractivity contribution is 0.441. The van der Waals surface area contributed by atoms with Gasteiger partial charge in [-0.25, -0.2) is 0 Å². The van der Waals surface area contributed by atoms with Gasteiger partial charge in [0.2, 0.25) is 0 Å². The number of aromatic nitrogens is 3. The predicted molar refractivity (Wildman–Crippen MR) is 106 cm³/mol. The van der Waals surface area contributed by atoms with Crippen LogP contribution in [0.25, 0.3) is 0 Å². The summed E-state index contributed by atoms with van der Waals surface area (Å²) in [5, 5.41) is 14.2. The molecule has 1 unspecified atom stereocenters. The molecule has 0 radical (unpaired) electrons. The van der Waals surface area contributed by atoms with Crippen LogP contribution in [-0.2, 0) is 6.54 Å². The highest BCUT2D eigenvalue weighted by Gasteiger charge is 2.10. The molecule has 8 heteroatoms. The first-order chi connectivity index (χ1) is 11.2. The van der Waals surface area contributed by atoms with Crippen LogP contribution in [0.15, 0.2) is 34.2 Å². The standard InChI is InChI=1S/C16H26N6O.HI/c1-4-17-16(21-14(3)15-8-7-13(2)23-15)18-9-5-6-10-22-11-19-20-12-22;/h7-8,11-12,14H,4-6,9-10H2,1-3H3,(H2,17,18,21);1H. The molecule has 2 rings (SSSR count). The van der Waals surface area contributed by atoms with Gasteiger partial charge in [-0.05, 0) is 45.7 Å². The molecule has 2 N–H and O–H groups in total. The van der Waals surface area contributed by atoms with Gasteiger partial charge in [0.15, 0.2) is 5.96 Å². The van der Waals surface area contributed by atoms with Crippen molar-refractivity contribution in [3.05, 3.63) is 36.3 Å². The molecule has 2 aromatic rings. The van der Waals surface area contributed by atoms with Crippen LogP contribution in [0.5, 0.6) is 0 Å². The van der Waals surface area contributed by atoms with Crippen LogP contribution in [-0.4, -0.2) is 33.8 Å². The Hall–Kier alpha value is -1.58. The van der Waals surface area contributed by atoms with Crippen molar-refractivity contribution in [2.75, 3.05) is 13.1 Å². The summed E-state index contributed by atoms with van der Waals surface area (Å²) in [5.74, 6) is 2.66. The lowest BCUT2D eigenvalue weighted by Crippen LogP contribution is -2.38. The number of aryl methyl sites for hydroxylation is 2. The molecule has 0 bridgehead atoms. The highest BCUT2D eigenvalue weighted by Crippen LogP contribution is 2.15. The van der Waals surface area contributed by atoms with Gasteiger partial charge in [0, 0.05) is 19.6 Å². The van der Waals surface area contributed by atoms with Gasteiger partial charge in [0.25, 0.3) is 0 Å². The van der Waals surface area contributed by atoms with Crippen LogP contribution in [0.3, 0.4) is 0 Å². The minimum Gasteiger partial charge on any atom is -0.464 e. The maximum Gasteiger partial charge on any atom is 0.191 e. The van der Waals surface area contributed by atoms with E-state index in [9.17, 15) is 0 Å². The smallest absolute Gasteiger partial charge is 0.191 e. The Balaban J connectivity index is 0.00000288. The first-order valence-corrected chi connectivity index (χ1v) is 8.12. The molecular formula is C16H27IN6O. The van der Waals surface area contributed by atoms with E-state index in [1.165, 1.54) is 0 Å². The Kier molecular flexibility index (Phi) is 9.43. The number of nitrogens with one attached hydrogen (secondary N) is 2. The summed E-state index contributed by atoms with van der Waals surface area (Å²) in [6.07, 6.45) is 5.54. The van der Waals surface area contributed by atoms with Crippen molar-refractivity contribution >= 4 is 29.9 Å². The second kappa shape index (κ2) is 11.1. The molecule has 0 fully saturated rings. The third kappa shape index (κ3) is 6.90. The summed E-state index contributed by atoms with van der Waals surface area (Å²) in [6, 6.07) is 4.05. The summed E-state index contributed by atoms with van der Waals surface area (Å²) in [7, 11) is 0. The minimum atomic E-state index is 0. The van der Waals surface area contributed by atoms with E-state index in [-0.39, 0.29) is 30.0 Å². The molecule has 1 atom stereocenters. The average molecular weight is 446 g/mol. The highest BCUT2D eigenvalue weighted by molar-refractivity contribution is 14.0. The Bertz CT molecular complexity index is 595. The van der Waals surface area contributed by atoms with E-state index in [1.54, 1.807) is 12.7 Å². The first-order valence-electron chi connectivity index (χ1n) is 8.12. The minimum absolute atomic E-state index is 0. The third-order valence-corrected chi connectivity index (χ3v) is 3.45. The van der Waals surface area contributed by atoms with Crippen molar-refractivity contribution < 1.29 is 4.42 Å². The topological polar surface area (TPSA) is 80.3 Å². The van der Waals surface area contributed by atoms with Gasteiger partial charge in [-0.1, -0.05) is 0 Å². The van der Waals surface area contributed by atoms with Crippen LogP contribution in [0.4, 0.5) is 0 Å². The van der Waals surface area contributed by atoms with Crippen LogP contribution in [0.2, 0.25) is 0 Å². The highest BCUT2D eigenvalue weighted by atomic mass is 127. The van der Waals surface area contributed by atoms with E-state index in [1.807, 2.05) is 23.6 Å². The van der Waals surface area contributed by atoms with E-state index >= 15 is 0 Å². The quantitative estimate of drug-likeness (QED) is 0.282. The lowest BCUT2D eigenvalue weighted by Gasteiger charge is -2.16. The lowest BCUT2D eigenvalue weighted by atomic mass is 10.2. The summed E-state index contributed by atoms with van der Waals surface area (Å²) < 4.78 is 7.63. The third-order valence-electron chi connectivity index (χ3n) is 3.45. The molecule has 0 saturated heterocycles. The van der Waals surface area contributed by atoms with Gasteiger partial charge in [0.1, 0.15) is 24.2 Å². The molecule has 0 amide bonds. The number of guanidine groups is 1. The van der Waals surface area contributed by atoms with Crippen LogP contribution < -0.4 is 10.6 Å². The zero-order valence-electron chi connectivity index (χ0n) is 14.5. The normalized spacial score (nSPS) is 12.5. The van der Waals surface area contributed by atoms with Gasteiger partial charge in [-0.3, -0.25) is 4.99 Å². The Morgan fingerprint density at radius 3 is 2.67 bits per heavy atom. The second-order valence-corrected chi connectivity index (χ2v) is 5.48. The molecule has 0 aliphatic heterocycles. The number of hydrogen-bond donors (Lipinski definition) is 2. The average Bonchev–Trinajstić information content (AvgIpc) is 3.18. The van der Waals surface area contributed by atoms with Crippen molar-refractivity contribution in [3.8, 4) is 0 Å². The van der Waals surface area contributed by atoms with Crippen LogP contribution >= 0.6 is 24.0 Å². The monoisotopic (exact) mass is 446 g/mol. The summed E-state index contributed by atoms with van der Waals surface area (Å²) in [6.45, 7) is 8.61. The van der Waals surface area contributed by atoms with E-state index in [2.05, 4.69) is 39.7 Å². The Morgan fingerprint density at radius 2 is 2.04 bits per heavy atom. The number of aliphatic imine (C=N–C) groups is 1. The molecule has 7 nitrogen and oxygen atoms in total. The summed E-state index contributed by atoms with van der Waals surface area (Å²) in [4.78, 5) is 4.62.